The van der Waals surface area contributed by atoms with E-state index in [2.05, 4.69) is 15.0 Å². The van der Waals surface area contributed by atoms with Crippen molar-refractivity contribution in [2.24, 2.45) is 5.11 Å². The van der Waals surface area contributed by atoms with Crippen LogP contribution in [-0.4, -0.2) is 29.8 Å². The van der Waals surface area contributed by atoms with Crippen LogP contribution >= 0.6 is 0 Å². The van der Waals surface area contributed by atoms with Gasteiger partial charge in [-0.2, -0.15) is 13.2 Å². The molecule has 1 atom stereocenters. The summed E-state index contributed by atoms with van der Waals surface area (Å²) in [7, 11) is 0. The van der Waals surface area contributed by atoms with Crippen LogP contribution in [0.15, 0.2) is 23.4 Å². The Morgan fingerprint density at radius 3 is 2.81 bits per heavy atom. The number of hydrogen-bond acceptors (Lipinski definition) is 4. The van der Waals surface area contributed by atoms with Crippen molar-refractivity contribution in [1.82, 2.24) is 4.98 Å². The molecule has 1 aromatic rings. The number of rotatable bonds is 3. The predicted octanol–water partition coefficient (Wildman–Crippen LogP) is 3.13. The summed E-state index contributed by atoms with van der Waals surface area (Å²) in [4.78, 5) is 19.0. The fourth-order valence-electron chi connectivity index (χ4n) is 1.85. The molecule has 1 fully saturated rings. The summed E-state index contributed by atoms with van der Waals surface area (Å²) in [5.74, 6) is 0.0395. The predicted molar refractivity (Wildman–Crippen MR) is 65.5 cm³/mol. The van der Waals surface area contributed by atoms with E-state index >= 15 is 0 Å². The van der Waals surface area contributed by atoms with Gasteiger partial charge in [0.15, 0.2) is 0 Å². The summed E-state index contributed by atoms with van der Waals surface area (Å²) in [5, 5.41) is 3.34. The molecule has 0 spiro atoms. The van der Waals surface area contributed by atoms with Gasteiger partial charge in [-0.25, -0.2) is 9.78 Å². The van der Waals surface area contributed by atoms with Gasteiger partial charge in [0.2, 0.25) is 0 Å². The second kappa shape index (κ2) is 5.13. The van der Waals surface area contributed by atoms with Crippen LogP contribution in [0.25, 0.3) is 10.4 Å². The number of aromatic nitrogens is 1. The molecule has 0 bridgehead atoms. The van der Waals surface area contributed by atoms with Crippen molar-refractivity contribution >= 4 is 11.9 Å². The number of pyridine rings is 1. The van der Waals surface area contributed by atoms with E-state index < -0.39 is 23.4 Å². The van der Waals surface area contributed by atoms with Crippen LogP contribution in [0.5, 0.6) is 0 Å². The molecule has 112 valence electrons. The second-order valence-corrected chi connectivity index (χ2v) is 4.70. The molecule has 0 aliphatic carbocycles. The second-order valence-electron chi connectivity index (χ2n) is 4.70. The van der Waals surface area contributed by atoms with E-state index in [9.17, 15) is 18.0 Å². The molecule has 2 rings (SSSR count). The van der Waals surface area contributed by atoms with Crippen LogP contribution in [0.4, 0.5) is 23.8 Å². The van der Waals surface area contributed by atoms with Gasteiger partial charge in [0.1, 0.15) is 11.4 Å². The quantitative estimate of drug-likeness (QED) is 0.488. The smallest absolute Gasteiger partial charge is 0.417 e. The Kier molecular flexibility index (Phi) is 3.65. The van der Waals surface area contributed by atoms with Gasteiger partial charge in [-0.1, -0.05) is 5.11 Å². The van der Waals surface area contributed by atoms with Crippen LogP contribution in [0.1, 0.15) is 12.5 Å². The van der Waals surface area contributed by atoms with Gasteiger partial charge in [0.25, 0.3) is 0 Å². The average Bonchev–Trinajstić information content (AvgIpc) is 2.72. The molecule has 7 nitrogen and oxygen atoms in total. The molecule has 0 saturated carbocycles. The fourth-order valence-corrected chi connectivity index (χ4v) is 1.85. The Bertz CT molecular complexity index is 597. The molecule has 21 heavy (non-hydrogen) atoms. The number of nitrogens with zero attached hydrogens (tertiary/aromatic N) is 5. The number of hydrogen-bond donors (Lipinski definition) is 0. The van der Waals surface area contributed by atoms with E-state index in [-0.39, 0.29) is 18.9 Å². The number of amides is 1. The lowest BCUT2D eigenvalue weighted by molar-refractivity contribution is -0.137. The van der Waals surface area contributed by atoms with Gasteiger partial charge in [-0.3, -0.25) is 4.90 Å². The zero-order chi connectivity index (χ0) is 15.7. The Hall–Kier alpha value is -2.48. The molecule has 0 radical (unpaired) electrons. The van der Waals surface area contributed by atoms with Gasteiger partial charge < -0.3 is 4.74 Å². The maximum atomic E-state index is 12.4. The number of halogens is 3. The third kappa shape index (κ3) is 3.16. The largest absolute Gasteiger partial charge is 0.441 e. The molecule has 1 saturated heterocycles. The summed E-state index contributed by atoms with van der Waals surface area (Å²) in [5.41, 5.74) is 6.34. The number of anilines is 1. The van der Waals surface area contributed by atoms with Gasteiger partial charge in [-0.15, -0.1) is 0 Å². The zero-order valence-corrected chi connectivity index (χ0v) is 10.8. The number of alkyl halides is 3. The Labute approximate surface area is 117 Å². The first-order valence-electron chi connectivity index (χ1n) is 5.80. The van der Waals surface area contributed by atoms with E-state index in [1.165, 1.54) is 0 Å². The summed E-state index contributed by atoms with van der Waals surface area (Å²) >= 11 is 0. The molecule has 10 heteroatoms. The van der Waals surface area contributed by atoms with Crippen molar-refractivity contribution in [1.29, 1.82) is 0 Å². The molecule has 1 amide bonds. The summed E-state index contributed by atoms with van der Waals surface area (Å²) < 4.78 is 42.4. The van der Waals surface area contributed by atoms with Gasteiger partial charge in [0.05, 0.1) is 18.7 Å². The van der Waals surface area contributed by atoms with Gasteiger partial charge in [-0.05, 0) is 24.6 Å². The molecular weight excluding hydrogens is 291 g/mol. The van der Waals surface area contributed by atoms with E-state index in [4.69, 9.17) is 10.3 Å². The normalized spacial score (nSPS) is 21.9. The maximum absolute atomic E-state index is 12.4. The van der Waals surface area contributed by atoms with Crippen LogP contribution < -0.4 is 4.90 Å². The molecule has 1 aromatic heterocycles. The number of ether oxygens (including phenoxy) is 1. The number of carbonyl (C=O) groups is 1. The third-order valence-corrected chi connectivity index (χ3v) is 2.87. The molecule has 1 unspecified atom stereocenters. The minimum Gasteiger partial charge on any atom is -0.441 e. The molecule has 1 aliphatic rings. The van der Waals surface area contributed by atoms with Crippen LogP contribution in [0, 0.1) is 0 Å². The minimum atomic E-state index is -4.49. The van der Waals surface area contributed by atoms with Crippen molar-refractivity contribution in [3.63, 3.8) is 0 Å². The number of cyclic esters (lactones) is 1. The van der Waals surface area contributed by atoms with Gasteiger partial charge in [0, 0.05) is 11.1 Å². The monoisotopic (exact) mass is 301 g/mol. The van der Waals surface area contributed by atoms with E-state index in [0.717, 1.165) is 17.0 Å². The summed E-state index contributed by atoms with van der Waals surface area (Å²) in [6.07, 6.45) is -4.60. The minimum absolute atomic E-state index is 0.0310. The average molecular weight is 301 g/mol. The topological polar surface area (TPSA) is 91.2 Å². The standard InChI is InChI=1S/C11H10F3N5O2/c1-10(5-17-18-15)6-19(9(20)21-10)8-3-2-7(4-16-8)11(12,13)14/h2-4H,5-6H2,1H3. The Morgan fingerprint density at radius 1 is 1.57 bits per heavy atom. The van der Waals surface area contributed by atoms with Crippen molar-refractivity contribution in [3.05, 3.63) is 34.3 Å². The highest BCUT2D eigenvalue weighted by Gasteiger charge is 2.42. The highest BCUT2D eigenvalue weighted by Crippen LogP contribution is 2.31. The lowest BCUT2D eigenvalue weighted by Crippen LogP contribution is -2.34. The van der Waals surface area contributed by atoms with Crippen molar-refractivity contribution < 1.29 is 22.7 Å². The molecule has 0 N–H and O–H groups in total. The van der Waals surface area contributed by atoms with Crippen molar-refractivity contribution in [2.45, 2.75) is 18.7 Å². The van der Waals surface area contributed by atoms with Crippen LogP contribution in [0.2, 0.25) is 0 Å². The summed E-state index contributed by atoms with van der Waals surface area (Å²) in [6, 6.07) is 1.92. The highest BCUT2D eigenvalue weighted by atomic mass is 19.4. The van der Waals surface area contributed by atoms with Gasteiger partial charge >= 0.3 is 12.3 Å². The zero-order valence-electron chi connectivity index (χ0n) is 10.8. The Balaban J connectivity index is 2.19. The Morgan fingerprint density at radius 2 is 2.29 bits per heavy atom. The van der Waals surface area contributed by atoms with Crippen molar-refractivity contribution in [2.75, 3.05) is 18.0 Å². The lowest BCUT2D eigenvalue weighted by Gasteiger charge is -2.18. The maximum Gasteiger partial charge on any atom is 0.417 e. The van der Waals surface area contributed by atoms with E-state index in [0.29, 0.717) is 6.20 Å². The van der Waals surface area contributed by atoms with Crippen LogP contribution in [0.3, 0.4) is 0 Å². The first-order valence-corrected chi connectivity index (χ1v) is 5.80. The van der Waals surface area contributed by atoms with Crippen LogP contribution in [-0.2, 0) is 10.9 Å². The molecule has 1 aliphatic heterocycles. The molecular formula is C11H10F3N5O2. The van der Waals surface area contributed by atoms with Crippen molar-refractivity contribution in [3.8, 4) is 0 Å². The highest BCUT2D eigenvalue weighted by molar-refractivity contribution is 5.89. The first-order chi connectivity index (χ1) is 9.75. The fraction of sp³-hybridized carbons (Fsp3) is 0.455. The number of carbonyl (C=O) groups excluding carboxylic acids is 1. The SMILES string of the molecule is CC1(CN=[N+]=[N-])CN(c2ccc(C(F)(F)F)cn2)C(=O)O1. The molecule has 0 aromatic carbocycles. The lowest BCUT2D eigenvalue weighted by atomic mass is 10.1. The van der Waals surface area contributed by atoms with E-state index in [1.807, 2.05) is 0 Å². The molecule has 2 heterocycles. The summed E-state index contributed by atoms with van der Waals surface area (Å²) in [6.45, 7) is 1.51. The number of azide groups is 1. The van der Waals surface area contributed by atoms with E-state index in [1.54, 1.807) is 6.92 Å². The first kappa shape index (κ1) is 14.9. The third-order valence-electron chi connectivity index (χ3n) is 2.87.